The first-order valence-corrected chi connectivity index (χ1v) is 10.5. The molecule has 0 aliphatic carbocycles. The summed E-state index contributed by atoms with van der Waals surface area (Å²) in [6, 6.07) is 7.04. The number of nitrogens with zero attached hydrogens (tertiary/aromatic N) is 2. The van der Waals surface area contributed by atoms with E-state index >= 15 is 0 Å². The van der Waals surface area contributed by atoms with Gasteiger partial charge in [0.1, 0.15) is 5.75 Å². The lowest BCUT2D eigenvalue weighted by Gasteiger charge is -2.32. The van der Waals surface area contributed by atoms with Crippen molar-refractivity contribution in [3.63, 3.8) is 0 Å². The molecule has 1 N–H and O–H groups in total. The summed E-state index contributed by atoms with van der Waals surface area (Å²) < 4.78 is 5.52. The molecule has 1 atom stereocenters. The lowest BCUT2D eigenvalue weighted by molar-refractivity contribution is -0.134. The van der Waals surface area contributed by atoms with Crippen LogP contribution in [-0.4, -0.2) is 65.8 Å². The van der Waals surface area contributed by atoms with Gasteiger partial charge in [-0.05, 0) is 51.0 Å². The van der Waals surface area contributed by atoms with Crippen LogP contribution in [0.1, 0.15) is 33.1 Å². The third-order valence-corrected chi connectivity index (χ3v) is 5.77. The highest BCUT2D eigenvalue weighted by molar-refractivity contribution is 6.30. The highest BCUT2D eigenvalue weighted by atomic mass is 35.5. The van der Waals surface area contributed by atoms with Crippen LogP contribution in [0.25, 0.3) is 0 Å². The topological polar surface area (TPSA) is 79.0 Å². The van der Waals surface area contributed by atoms with Crippen molar-refractivity contribution >= 4 is 29.3 Å². The van der Waals surface area contributed by atoms with Crippen LogP contribution in [0, 0.1) is 5.92 Å². The van der Waals surface area contributed by atoms with Gasteiger partial charge in [-0.25, -0.2) is 0 Å². The summed E-state index contributed by atoms with van der Waals surface area (Å²) in [5, 5.41) is 3.68. The number of halogens is 1. The molecule has 2 aliphatic heterocycles. The minimum absolute atomic E-state index is 0.0200. The fourth-order valence-electron chi connectivity index (χ4n) is 3.77. The normalized spacial score (nSPS) is 20.3. The van der Waals surface area contributed by atoms with Gasteiger partial charge >= 0.3 is 0 Å². The van der Waals surface area contributed by atoms with Gasteiger partial charge in [-0.2, -0.15) is 0 Å². The molecule has 0 aromatic heterocycles. The van der Waals surface area contributed by atoms with E-state index in [1.54, 1.807) is 34.1 Å². The van der Waals surface area contributed by atoms with E-state index in [-0.39, 0.29) is 48.8 Å². The van der Waals surface area contributed by atoms with E-state index in [4.69, 9.17) is 16.3 Å². The molecular weight excluding hydrogens is 394 g/mol. The second-order valence-electron chi connectivity index (χ2n) is 7.95. The minimum atomic E-state index is -0.280. The van der Waals surface area contributed by atoms with E-state index in [2.05, 4.69) is 5.32 Å². The maximum absolute atomic E-state index is 12.5. The van der Waals surface area contributed by atoms with E-state index in [1.807, 2.05) is 13.8 Å². The Morgan fingerprint density at radius 3 is 2.45 bits per heavy atom. The Kier molecular flexibility index (Phi) is 7.00. The second kappa shape index (κ2) is 9.48. The number of carbonyl (C=O) groups is 3. The molecule has 1 aromatic rings. The summed E-state index contributed by atoms with van der Waals surface area (Å²) in [6.45, 7) is 5.55. The zero-order chi connectivity index (χ0) is 21.0. The van der Waals surface area contributed by atoms with Crippen molar-refractivity contribution in [2.24, 2.45) is 5.92 Å². The van der Waals surface area contributed by atoms with Crippen LogP contribution in [0.15, 0.2) is 24.3 Å². The molecule has 3 rings (SSSR count). The number of amides is 3. The molecule has 0 spiro atoms. The maximum atomic E-state index is 12.5. The predicted octanol–water partition coefficient (Wildman–Crippen LogP) is 2.08. The minimum Gasteiger partial charge on any atom is -0.484 e. The average molecular weight is 422 g/mol. The quantitative estimate of drug-likeness (QED) is 0.762. The van der Waals surface area contributed by atoms with E-state index in [0.29, 0.717) is 43.2 Å². The number of nitrogens with one attached hydrogen (secondary N) is 1. The SMILES string of the molecule is CC(C)N1CC(C(=O)NC2CCN(C(=O)COc3ccc(Cl)cc3)CC2)CC1=O. The molecular formula is C21H28ClN3O4. The number of hydrogen-bond donors (Lipinski definition) is 1. The predicted molar refractivity (Wildman–Crippen MR) is 110 cm³/mol. The largest absolute Gasteiger partial charge is 0.484 e. The van der Waals surface area contributed by atoms with Crippen molar-refractivity contribution < 1.29 is 19.1 Å². The molecule has 1 unspecified atom stereocenters. The lowest BCUT2D eigenvalue weighted by Crippen LogP contribution is -2.49. The second-order valence-corrected chi connectivity index (χ2v) is 8.38. The fourth-order valence-corrected chi connectivity index (χ4v) is 3.89. The van der Waals surface area contributed by atoms with Crippen molar-refractivity contribution in [1.82, 2.24) is 15.1 Å². The van der Waals surface area contributed by atoms with Gasteiger partial charge in [0.2, 0.25) is 11.8 Å². The summed E-state index contributed by atoms with van der Waals surface area (Å²) >= 11 is 5.84. The van der Waals surface area contributed by atoms with Crippen molar-refractivity contribution in [2.75, 3.05) is 26.2 Å². The molecule has 158 valence electrons. The maximum Gasteiger partial charge on any atom is 0.260 e. The number of likely N-dealkylation sites (tertiary alicyclic amines) is 2. The number of benzene rings is 1. The Bertz CT molecular complexity index is 745. The van der Waals surface area contributed by atoms with Gasteiger partial charge in [-0.1, -0.05) is 11.6 Å². The van der Waals surface area contributed by atoms with Crippen LogP contribution >= 0.6 is 11.6 Å². The third kappa shape index (κ3) is 5.63. The summed E-state index contributed by atoms with van der Waals surface area (Å²) in [5.74, 6) is 0.237. The average Bonchev–Trinajstić information content (AvgIpc) is 3.10. The van der Waals surface area contributed by atoms with Crippen LogP contribution in [0.3, 0.4) is 0 Å². The zero-order valence-electron chi connectivity index (χ0n) is 16.9. The van der Waals surface area contributed by atoms with Gasteiger partial charge in [0.15, 0.2) is 6.61 Å². The lowest BCUT2D eigenvalue weighted by atomic mass is 10.0. The van der Waals surface area contributed by atoms with Crippen LogP contribution in [-0.2, 0) is 14.4 Å². The van der Waals surface area contributed by atoms with E-state index < -0.39 is 0 Å². The Balaban J connectivity index is 1.39. The Hall–Kier alpha value is -2.28. The molecule has 2 saturated heterocycles. The van der Waals surface area contributed by atoms with Crippen molar-refractivity contribution in [3.05, 3.63) is 29.3 Å². The molecule has 2 aliphatic rings. The molecule has 7 nitrogen and oxygen atoms in total. The first kappa shape index (κ1) is 21.4. The monoisotopic (exact) mass is 421 g/mol. The third-order valence-electron chi connectivity index (χ3n) is 5.52. The van der Waals surface area contributed by atoms with Crippen LogP contribution in [0.4, 0.5) is 0 Å². The number of ether oxygens (including phenoxy) is 1. The van der Waals surface area contributed by atoms with Crippen molar-refractivity contribution in [3.8, 4) is 5.75 Å². The summed E-state index contributed by atoms with van der Waals surface area (Å²) in [6.07, 6.45) is 1.68. The van der Waals surface area contributed by atoms with Gasteiger partial charge in [0.05, 0.1) is 5.92 Å². The molecule has 2 fully saturated rings. The fraction of sp³-hybridized carbons (Fsp3) is 0.571. The number of carbonyl (C=O) groups excluding carboxylic acids is 3. The summed E-state index contributed by atoms with van der Waals surface area (Å²) in [5.41, 5.74) is 0. The molecule has 2 heterocycles. The van der Waals surface area contributed by atoms with Crippen LogP contribution in [0.5, 0.6) is 5.75 Å². The molecule has 29 heavy (non-hydrogen) atoms. The summed E-state index contributed by atoms with van der Waals surface area (Å²) in [4.78, 5) is 40.4. The zero-order valence-corrected chi connectivity index (χ0v) is 17.7. The summed E-state index contributed by atoms with van der Waals surface area (Å²) in [7, 11) is 0. The van der Waals surface area contributed by atoms with Gasteiger partial charge in [-0.3, -0.25) is 14.4 Å². The standard InChI is InChI=1S/C21H28ClN3O4/c1-14(2)25-12-15(11-19(25)26)21(28)23-17-7-9-24(10-8-17)20(27)13-29-18-5-3-16(22)4-6-18/h3-6,14-15,17H,7-13H2,1-2H3,(H,23,28). The smallest absolute Gasteiger partial charge is 0.260 e. The molecule has 0 saturated carbocycles. The van der Waals surface area contributed by atoms with Crippen LogP contribution < -0.4 is 10.1 Å². The highest BCUT2D eigenvalue weighted by Crippen LogP contribution is 2.21. The number of piperidine rings is 1. The molecule has 0 bridgehead atoms. The first-order valence-electron chi connectivity index (χ1n) is 10.1. The Morgan fingerprint density at radius 2 is 1.86 bits per heavy atom. The van der Waals surface area contributed by atoms with Gasteiger partial charge < -0.3 is 19.9 Å². The van der Waals surface area contributed by atoms with Gasteiger partial charge in [0.25, 0.3) is 5.91 Å². The highest BCUT2D eigenvalue weighted by Gasteiger charge is 2.36. The van der Waals surface area contributed by atoms with Crippen LogP contribution in [0.2, 0.25) is 5.02 Å². The first-order chi connectivity index (χ1) is 13.8. The molecule has 3 amide bonds. The molecule has 0 radical (unpaired) electrons. The Labute approximate surface area is 176 Å². The Morgan fingerprint density at radius 1 is 1.21 bits per heavy atom. The number of hydrogen-bond acceptors (Lipinski definition) is 4. The molecule has 1 aromatic carbocycles. The van der Waals surface area contributed by atoms with Gasteiger partial charge in [0, 0.05) is 43.2 Å². The van der Waals surface area contributed by atoms with E-state index in [1.165, 1.54) is 0 Å². The van der Waals surface area contributed by atoms with Crippen molar-refractivity contribution in [1.29, 1.82) is 0 Å². The van der Waals surface area contributed by atoms with Gasteiger partial charge in [-0.15, -0.1) is 0 Å². The number of rotatable bonds is 6. The van der Waals surface area contributed by atoms with Crippen molar-refractivity contribution in [2.45, 2.75) is 45.2 Å². The van der Waals surface area contributed by atoms with E-state index in [9.17, 15) is 14.4 Å². The van der Waals surface area contributed by atoms with E-state index in [0.717, 1.165) is 0 Å². The molecule has 8 heteroatoms.